The predicted octanol–water partition coefficient (Wildman–Crippen LogP) is 3.94. The first-order valence-electron chi connectivity index (χ1n) is 4.03. The van der Waals surface area contributed by atoms with Crippen LogP contribution in [-0.4, -0.2) is 0 Å². The zero-order chi connectivity index (χ0) is 9.14. The second kappa shape index (κ2) is 3.77. The molecule has 0 nitrogen and oxygen atoms in total. The summed E-state index contributed by atoms with van der Waals surface area (Å²) < 4.78 is 0. The number of hydrogen-bond donors (Lipinski definition) is 0. The van der Waals surface area contributed by atoms with Gasteiger partial charge >= 0.3 is 0 Å². The van der Waals surface area contributed by atoms with E-state index in [1.807, 2.05) is 25.1 Å². The van der Waals surface area contributed by atoms with Gasteiger partial charge in [0.1, 0.15) is 0 Å². The van der Waals surface area contributed by atoms with Crippen molar-refractivity contribution in [3.8, 4) is 0 Å². The Morgan fingerprint density at radius 2 is 2.17 bits per heavy atom. The number of rotatable bonds is 2. The molecular formula is C11H13Cl. The van der Waals surface area contributed by atoms with Crippen LogP contribution in [0.25, 0.3) is 0 Å². The van der Waals surface area contributed by atoms with E-state index in [0.717, 1.165) is 10.6 Å². The third-order valence-electron chi connectivity index (χ3n) is 2.08. The Balaban J connectivity index is 3.04. The largest absolute Gasteiger partial charge is 0.102 e. The first kappa shape index (κ1) is 9.34. The summed E-state index contributed by atoms with van der Waals surface area (Å²) in [7, 11) is 0. The number of allylic oxidation sites excluding steroid dienone is 1. The Kier molecular flexibility index (Phi) is 2.93. The lowest BCUT2D eigenvalue weighted by molar-refractivity contribution is 0.970. The van der Waals surface area contributed by atoms with Crippen molar-refractivity contribution in [3.05, 3.63) is 47.0 Å². The Morgan fingerprint density at radius 1 is 1.50 bits per heavy atom. The third-order valence-corrected chi connectivity index (χ3v) is 2.48. The van der Waals surface area contributed by atoms with E-state index in [0.29, 0.717) is 5.92 Å². The van der Waals surface area contributed by atoms with Crippen LogP contribution in [0, 0.1) is 6.92 Å². The van der Waals surface area contributed by atoms with Gasteiger partial charge in [0.15, 0.2) is 0 Å². The van der Waals surface area contributed by atoms with Gasteiger partial charge in [0.25, 0.3) is 0 Å². The molecular weight excluding hydrogens is 168 g/mol. The van der Waals surface area contributed by atoms with E-state index in [9.17, 15) is 0 Å². The van der Waals surface area contributed by atoms with E-state index in [2.05, 4.69) is 19.6 Å². The van der Waals surface area contributed by atoms with Crippen LogP contribution in [0.1, 0.15) is 24.0 Å². The summed E-state index contributed by atoms with van der Waals surface area (Å²) in [6.45, 7) is 7.86. The third kappa shape index (κ3) is 1.89. The summed E-state index contributed by atoms with van der Waals surface area (Å²) in [5, 5.41) is 0.834. The summed E-state index contributed by atoms with van der Waals surface area (Å²) in [6, 6.07) is 6.13. The summed E-state index contributed by atoms with van der Waals surface area (Å²) in [4.78, 5) is 0. The molecule has 0 radical (unpaired) electrons. The maximum Gasteiger partial charge on any atom is 0.0438 e. The molecule has 0 N–H and O–H groups in total. The maximum absolute atomic E-state index is 5.98. The van der Waals surface area contributed by atoms with Crippen molar-refractivity contribution in [1.82, 2.24) is 0 Å². The van der Waals surface area contributed by atoms with Crippen molar-refractivity contribution in [3.63, 3.8) is 0 Å². The molecule has 0 saturated heterocycles. The fraction of sp³-hybridized carbons (Fsp3) is 0.273. The molecule has 0 bridgehead atoms. The van der Waals surface area contributed by atoms with Gasteiger partial charge in [-0.05, 0) is 30.0 Å². The molecule has 0 aliphatic rings. The Morgan fingerprint density at radius 3 is 2.67 bits per heavy atom. The van der Waals surface area contributed by atoms with Crippen LogP contribution in [0.3, 0.4) is 0 Å². The van der Waals surface area contributed by atoms with Crippen molar-refractivity contribution in [2.45, 2.75) is 19.8 Å². The van der Waals surface area contributed by atoms with Crippen molar-refractivity contribution < 1.29 is 0 Å². The summed E-state index contributed by atoms with van der Waals surface area (Å²) in [5.41, 5.74) is 2.34. The molecule has 1 aromatic carbocycles. The predicted molar refractivity (Wildman–Crippen MR) is 54.8 cm³/mol. The molecule has 0 saturated carbocycles. The van der Waals surface area contributed by atoms with Crippen LogP contribution >= 0.6 is 11.6 Å². The number of hydrogen-bond acceptors (Lipinski definition) is 0. The highest BCUT2D eigenvalue weighted by atomic mass is 35.5. The Labute approximate surface area is 78.9 Å². The number of benzene rings is 1. The lowest BCUT2D eigenvalue weighted by atomic mass is 10.0. The smallest absolute Gasteiger partial charge is 0.0438 e. The Bertz CT molecular complexity index is 289. The topological polar surface area (TPSA) is 0 Å². The number of aryl methyl sites for hydroxylation is 1. The van der Waals surface area contributed by atoms with Crippen molar-refractivity contribution >= 4 is 11.6 Å². The van der Waals surface area contributed by atoms with Gasteiger partial charge in [0, 0.05) is 5.02 Å². The zero-order valence-electron chi connectivity index (χ0n) is 7.47. The molecule has 1 rings (SSSR count). The molecule has 1 atom stereocenters. The second-order valence-electron chi connectivity index (χ2n) is 3.03. The SMILES string of the molecule is C=CC(C)c1ccc(C)c(Cl)c1. The second-order valence-corrected chi connectivity index (χ2v) is 3.44. The van der Waals surface area contributed by atoms with E-state index < -0.39 is 0 Å². The van der Waals surface area contributed by atoms with Gasteiger partial charge in [-0.15, -0.1) is 6.58 Å². The van der Waals surface area contributed by atoms with E-state index in [1.165, 1.54) is 5.56 Å². The van der Waals surface area contributed by atoms with Gasteiger partial charge in [0.05, 0.1) is 0 Å². The average Bonchev–Trinajstić information content (AvgIpc) is 2.08. The normalized spacial score (nSPS) is 12.6. The van der Waals surface area contributed by atoms with Crippen LogP contribution in [0.4, 0.5) is 0 Å². The highest BCUT2D eigenvalue weighted by Crippen LogP contribution is 2.22. The molecule has 0 aromatic heterocycles. The van der Waals surface area contributed by atoms with Gasteiger partial charge in [-0.3, -0.25) is 0 Å². The minimum Gasteiger partial charge on any atom is -0.102 e. The molecule has 0 heterocycles. The molecule has 0 aliphatic heterocycles. The first-order chi connectivity index (χ1) is 5.65. The van der Waals surface area contributed by atoms with Crippen LogP contribution in [0.5, 0.6) is 0 Å². The van der Waals surface area contributed by atoms with Crippen molar-refractivity contribution in [2.24, 2.45) is 0 Å². The monoisotopic (exact) mass is 180 g/mol. The molecule has 0 amide bonds. The fourth-order valence-corrected chi connectivity index (χ4v) is 1.22. The average molecular weight is 181 g/mol. The van der Waals surface area contributed by atoms with Crippen LogP contribution in [-0.2, 0) is 0 Å². The van der Waals surface area contributed by atoms with Gasteiger partial charge in [-0.25, -0.2) is 0 Å². The van der Waals surface area contributed by atoms with E-state index >= 15 is 0 Å². The van der Waals surface area contributed by atoms with Crippen LogP contribution in [0.2, 0.25) is 5.02 Å². The first-order valence-corrected chi connectivity index (χ1v) is 4.41. The van der Waals surface area contributed by atoms with Gasteiger partial charge in [-0.2, -0.15) is 0 Å². The minimum atomic E-state index is 0.378. The molecule has 64 valence electrons. The minimum absolute atomic E-state index is 0.378. The molecule has 1 heteroatoms. The zero-order valence-corrected chi connectivity index (χ0v) is 8.23. The lowest BCUT2D eigenvalue weighted by Gasteiger charge is -2.07. The molecule has 0 spiro atoms. The van der Waals surface area contributed by atoms with Crippen molar-refractivity contribution in [2.75, 3.05) is 0 Å². The molecule has 12 heavy (non-hydrogen) atoms. The fourth-order valence-electron chi connectivity index (χ4n) is 1.03. The molecule has 0 aliphatic carbocycles. The van der Waals surface area contributed by atoms with E-state index in [4.69, 9.17) is 11.6 Å². The molecule has 1 unspecified atom stereocenters. The lowest BCUT2D eigenvalue weighted by Crippen LogP contribution is -1.88. The molecule has 1 aromatic rings. The summed E-state index contributed by atoms with van der Waals surface area (Å²) in [6.07, 6.45) is 1.92. The molecule has 0 fully saturated rings. The van der Waals surface area contributed by atoms with Crippen molar-refractivity contribution in [1.29, 1.82) is 0 Å². The number of halogens is 1. The van der Waals surface area contributed by atoms with E-state index in [1.54, 1.807) is 0 Å². The van der Waals surface area contributed by atoms with Gasteiger partial charge < -0.3 is 0 Å². The Hall–Kier alpha value is -0.750. The van der Waals surface area contributed by atoms with Gasteiger partial charge in [-0.1, -0.05) is 36.7 Å². The van der Waals surface area contributed by atoms with E-state index in [-0.39, 0.29) is 0 Å². The quantitative estimate of drug-likeness (QED) is 0.605. The highest BCUT2D eigenvalue weighted by molar-refractivity contribution is 6.31. The van der Waals surface area contributed by atoms with Gasteiger partial charge in [0.2, 0.25) is 0 Å². The van der Waals surface area contributed by atoms with Crippen LogP contribution in [0.15, 0.2) is 30.9 Å². The highest BCUT2D eigenvalue weighted by Gasteiger charge is 2.02. The summed E-state index contributed by atoms with van der Waals surface area (Å²) in [5.74, 6) is 0.378. The van der Waals surface area contributed by atoms with Crippen LogP contribution < -0.4 is 0 Å². The standard InChI is InChI=1S/C11H13Cl/c1-4-8(2)10-6-5-9(3)11(12)7-10/h4-8H,1H2,2-3H3. The summed E-state index contributed by atoms with van der Waals surface area (Å²) >= 11 is 5.98. The maximum atomic E-state index is 5.98.